The van der Waals surface area contributed by atoms with Crippen LogP contribution in [0.15, 0.2) is 78.9 Å². The van der Waals surface area contributed by atoms with Gasteiger partial charge in [0.2, 0.25) is 5.91 Å². The van der Waals surface area contributed by atoms with E-state index in [1.165, 1.54) is 37.1 Å². The Morgan fingerprint density at radius 2 is 1.53 bits per heavy atom. The molecule has 1 saturated heterocycles. The summed E-state index contributed by atoms with van der Waals surface area (Å²) in [4.78, 5) is 28.0. The third-order valence-electron chi connectivity index (χ3n) is 5.99. The normalized spacial score (nSPS) is 14.1. The molecule has 1 aliphatic heterocycles. The number of nitrogens with zero attached hydrogens (tertiary/aromatic N) is 1. The maximum absolute atomic E-state index is 13.1. The quantitative estimate of drug-likeness (QED) is 0.389. The monoisotopic (exact) mass is 490 g/mol. The molecule has 36 heavy (non-hydrogen) atoms. The van der Waals surface area contributed by atoms with Crippen molar-refractivity contribution in [3.8, 4) is 11.5 Å². The second-order valence-corrected chi connectivity index (χ2v) is 8.76. The van der Waals surface area contributed by atoms with Crippen LogP contribution in [0.25, 0.3) is 0 Å². The standard InChI is InChI=1S/C28H31FN4O3/c29-22-8-12-24(13-9-22)36-25-14-10-23(11-15-25)31-28(35)32-26(20-21-6-2-1-3-7-21)27(34)30-16-19-33-17-4-5-18-33/h1-3,6-15,26H,4-5,16-20H2,(H,30,34)(H2,31,32,35). The van der Waals surface area contributed by atoms with Crippen LogP contribution in [0, 0.1) is 5.82 Å². The summed E-state index contributed by atoms with van der Waals surface area (Å²) in [7, 11) is 0. The first-order valence-corrected chi connectivity index (χ1v) is 12.2. The van der Waals surface area contributed by atoms with E-state index in [0.717, 1.165) is 25.2 Å². The Hall–Kier alpha value is -3.91. The molecule has 0 aromatic heterocycles. The summed E-state index contributed by atoms with van der Waals surface area (Å²) in [5.41, 5.74) is 1.51. The summed E-state index contributed by atoms with van der Waals surface area (Å²) < 4.78 is 18.7. The number of urea groups is 1. The Bertz CT molecular complexity index is 1120. The largest absolute Gasteiger partial charge is 0.457 e. The average molecular weight is 491 g/mol. The fourth-order valence-corrected chi connectivity index (χ4v) is 4.10. The van der Waals surface area contributed by atoms with Crippen molar-refractivity contribution < 1.29 is 18.7 Å². The van der Waals surface area contributed by atoms with E-state index in [9.17, 15) is 14.0 Å². The zero-order chi connectivity index (χ0) is 25.2. The lowest BCUT2D eigenvalue weighted by molar-refractivity contribution is -0.122. The van der Waals surface area contributed by atoms with Gasteiger partial charge >= 0.3 is 6.03 Å². The van der Waals surface area contributed by atoms with Crippen LogP contribution in [0.1, 0.15) is 18.4 Å². The number of likely N-dealkylation sites (tertiary alicyclic amines) is 1. The van der Waals surface area contributed by atoms with Crippen molar-refractivity contribution in [1.82, 2.24) is 15.5 Å². The van der Waals surface area contributed by atoms with Crippen LogP contribution in [-0.2, 0) is 11.2 Å². The Labute approximate surface area is 210 Å². The van der Waals surface area contributed by atoms with Crippen molar-refractivity contribution in [1.29, 1.82) is 0 Å². The molecule has 7 nitrogen and oxygen atoms in total. The number of amides is 3. The van der Waals surface area contributed by atoms with Gasteiger partial charge in [-0.05, 0) is 80.0 Å². The molecule has 188 valence electrons. The summed E-state index contributed by atoms with van der Waals surface area (Å²) in [6, 6.07) is 20.9. The molecule has 3 amide bonds. The number of rotatable bonds is 10. The Morgan fingerprint density at radius 1 is 0.889 bits per heavy atom. The summed E-state index contributed by atoms with van der Waals surface area (Å²) in [6.45, 7) is 3.49. The molecule has 3 N–H and O–H groups in total. The van der Waals surface area contributed by atoms with Crippen molar-refractivity contribution in [2.45, 2.75) is 25.3 Å². The number of benzene rings is 3. The van der Waals surface area contributed by atoms with Gasteiger partial charge in [0, 0.05) is 25.2 Å². The van der Waals surface area contributed by atoms with Crippen LogP contribution in [-0.4, -0.2) is 49.1 Å². The first kappa shape index (κ1) is 25.2. The second-order valence-electron chi connectivity index (χ2n) is 8.76. The molecule has 1 atom stereocenters. The van der Waals surface area contributed by atoms with Gasteiger partial charge in [0.15, 0.2) is 0 Å². The fourth-order valence-electron chi connectivity index (χ4n) is 4.10. The van der Waals surface area contributed by atoms with E-state index in [1.807, 2.05) is 30.3 Å². The highest BCUT2D eigenvalue weighted by Crippen LogP contribution is 2.23. The van der Waals surface area contributed by atoms with E-state index in [-0.39, 0.29) is 11.7 Å². The van der Waals surface area contributed by atoms with E-state index in [4.69, 9.17) is 4.74 Å². The molecule has 0 bridgehead atoms. The van der Waals surface area contributed by atoms with Crippen molar-refractivity contribution in [2.75, 3.05) is 31.5 Å². The number of hydrogen-bond donors (Lipinski definition) is 3. The molecule has 0 saturated carbocycles. The first-order chi connectivity index (χ1) is 17.5. The lowest BCUT2D eigenvalue weighted by atomic mass is 10.1. The smallest absolute Gasteiger partial charge is 0.319 e. The van der Waals surface area contributed by atoms with Crippen LogP contribution in [0.2, 0.25) is 0 Å². The number of ether oxygens (including phenoxy) is 1. The minimum absolute atomic E-state index is 0.212. The fraction of sp³-hybridized carbons (Fsp3) is 0.286. The minimum atomic E-state index is -0.716. The molecule has 1 fully saturated rings. The Kier molecular flexibility index (Phi) is 8.88. The van der Waals surface area contributed by atoms with Gasteiger partial charge in [-0.2, -0.15) is 0 Å². The highest BCUT2D eigenvalue weighted by Gasteiger charge is 2.22. The zero-order valence-corrected chi connectivity index (χ0v) is 20.1. The molecule has 0 aliphatic carbocycles. The van der Waals surface area contributed by atoms with Gasteiger partial charge in [0.05, 0.1) is 0 Å². The third kappa shape index (κ3) is 7.81. The van der Waals surface area contributed by atoms with E-state index in [0.29, 0.717) is 30.2 Å². The SMILES string of the molecule is O=C(Nc1ccc(Oc2ccc(F)cc2)cc1)NC(Cc1ccccc1)C(=O)NCCN1CCCC1. The van der Waals surface area contributed by atoms with Gasteiger partial charge < -0.3 is 25.6 Å². The van der Waals surface area contributed by atoms with Gasteiger partial charge in [-0.1, -0.05) is 30.3 Å². The molecular weight excluding hydrogens is 459 g/mol. The molecule has 1 heterocycles. The predicted octanol–water partition coefficient (Wildman–Crippen LogP) is 4.56. The van der Waals surface area contributed by atoms with Gasteiger partial charge in [0.25, 0.3) is 0 Å². The molecule has 8 heteroatoms. The van der Waals surface area contributed by atoms with Crippen molar-refractivity contribution in [3.63, 3.8) is 0 Å². The number of nitrogens with one attached hydrogen (secondary N) is 3. The molecule has 0 radical (unpaired) electrons. The van der Waals surface area contributed by atoms with E-state index in [1.54, 1.807) is 24.3 Å². The minimum Gasteiger partial charge on any atom is -0.457 e. The molecule has 1 aliphatic rings. The summed E-state index contributed by atoms with van der Waals surface area (Å²) in [5.74, 6) is 0.510. The van der Waals surface area contributed by atoms with Gasteiger partial charge in [-0.3, -0.25) is 4.79 Å². The average Bonchev–Trinajstić information content (AvgIpc) is 3.40. The van der Waals surface area contributed by atoms with Crippen molar-refractivity contribution in [3.05, 3.63) is 90.2 Å². The van der Waals surface area contributed by atoms with E-state index < -0.39 is 12.1 Å². The van der Waals surface area contributed by atoms with Gasteiger partial charge in [0.1, 0.15) is 23.4 Å². The lowest BCUT2D eigenvalue weighted by Gasteiger charge is -2.20. The zero-order valence-electron chi connectivity index (χ0n) is 20.1. The van der Waals surface area contributed by atoms with Crippen LogP contribution >= 0.6 is 0 Å². The van der Waals surface area contributed by atoms with Crippen LogP contribution in [0.5, 0.6) is 11.5 Å². The maximum atomic E-state index is 13.1. The Balaban J connectivity index is 1.32. The molecular formula is C28H31FN4O3. The van der Waals surface area contributed by atoms with Gasteiger partial charge in [-0.25, -0.2) is 9.18 Å². The highest BCUT2D eigenvalue weighted by atomic mass is 19.1. The summed E-state index contributed by atoms with van der Waals surface area (Å²) in [6.07, 6.45) is 2.78. The molecule has 0 spiro atoms. The van der Waals surface area contributed by atoms with Gasteiger partial charge in [-0.15, -0.1) is 0 Å². The Morgan fingerprint density at radius 3 is 2.19 bits per heavy atom. The van der Waals surface area contributed by atoms with Crippen LogP contribution in [0.3, 0.4) is 0 Å². The molecule has 3 aromatic rings. The number of halogens is 1. The predicted molar refractivity (Wildman–Crippen MR) is 138 cm³/mol. The second kappa shape index (κ2) is 12.7. The van der Waals surface area contributed by atoms with Crippen LogP contribution in [0.4, 0.5) is 14.9 Å². The highest BCUT2D eigenvalue weighted by molar-refractivity contribution is 5.93. The van der Waals surface area contributed by atoms with E-state index in [2.05, 4.69) is 20.9 Å². The topological polar surface area (TPSA) is 82.7 Å². The first-order valence-electron chi connectivity index (χ1n) is 12.2. The summed E-state index contributed by atoms with van der Waals surface area (Å²) in [5, 5.41) is 8.55. The molecule has 3 aromatic carbocycles. The number of carbonyl (C=O) groups is 2. The van der Waals surface area contributed by atoms with Crippen molar-refractivity contribution in [2.24, 2.45) is 0 Å². The number of anilines is 1. The number of hydrogen-bond acceptors (Lipinski definition) is 4. The third-order valence-corrected chi connectivity index (χ3v) is 5.99. The summed E-state index contributed by atoms with van der Waals surface area (Å²) >= 11 is 0. The molecule has 1 unspecified atom stereocenters. The maximum Gasteiger partial charge on any atom is 0.319 e. The van der Waals surface area contributed by atoms with Crippen LogP contribution < -0.4 is 20.7 Å². The van der Waals surface area contributed by atoms with E-state index >= 15 is 0 Å². The van der Waals surface area contributed by atoms with Crippen molar-refractivity contribution >= 4 is 17.6 Å². The number of carbonyl (C=O) groups excluding carboxylic acids is 2. The lowest BCUT2D eigenvalue weighted by Crippen LogP contribution is -2.50. The molecule has 4 rings (SSSR count).